The zero-order valence-corrected chi connectivity index (χ0v) is 11.6. The molecule has 2 N–H and O–H groups in total. The van der Waals surface area contributed by atoms with Crippen molar-refractivity contribution in [1.29, 1.82) is 5.26 Å². The number of nitrogens with zero attached hydrogens (tertiary/aromatic N) is 1. The lowest BCUT2D eigenvalue weighted by atomic mass is 9.78. The number of carbonyl (C=O) groups excluding carboxylic acids is 1. The van der Waals surface area contributed by atoms with E-state index in [1.54, 1.807) is 25.3 Å². The van der Waals surface area contributed by atoms with Crippen molar-refractivity contribution in [2.75, 3.05) is 32.1 Å². The minimum absolute atomic E-state index is 0.0662. The van der Waals surface area contributed by atoms with Gasteiger partial charge >= 0.3 is 0 Å². The number of piperidine rings is 1. The molecule has 0 unspecified atom stereocenters. The molecule has 1 aliphatic heterocycles. The normalized spacial score (nSPS) is 17.2. The van der Waals surface area contributed by atoms with E-state index >= 15 is 0 Å². The summed E-state index contributed by atoms with van der Waals surface area (Å²) in [6.07, 6.45) is 1.47. The summed E-state index contributed by atoms with van der Waals surface area (Å²) in [5.41, 5.74) is 0.527. The van der Waals surface area contributed by atoms with Crippen LogP contribution in [0.1, 0.15) is 18.4 Å². The highest BCUT2D eigenvalue weighted by Crippen LogP contribution is 2.31. The summed E-state index contributed by atoms with van der Waals surface area (Å²) in [5, 5.41) is 15.2. The quantitative estimate of drug-likeness (QED) is 0.872. The number of hydrogen-bond donors (Lipinski definition) is 2. The zero-order chi connectivity index (χ0) is 14.4. The Balaban J connectivity index is 2.18. The second-order valence-corrected chi connectivity index (χ2v) is 5.07. The number of carbonyl (C=O) groups is 1. The van der Waals surface area contributed by atoms with E-state index in [1.165, 1.54) is 0 Å². The monoisotopic (exact) mass is 273 g/mol. The molecule has 0 spiro atoms. The highest BCUT2D eigenvalue weighted by atomic mass is 16.5. The third-order valence-electron chi connectivity index (χ3n) is 3.76. The summed E-state index contributed by atoms with van der Waals surface area (Å²) in [4.78, 5) is 12.6. The minimum Gasteiger partial charge on any atom is -0.384 e. The molecule has 0 saturated carbocycles. The fourth-order valence-corrected chi connectivity index (χ4v) is 2.56. The number of nitrogens with one attached hydrogen (secondary N) is 2. The Hall–Kier alpha value is -1.90. The lowest BCUT2D eigenvalue weighted by molar-refractivity contribution is -0.130. The van der Waals surface area contributed by atoms with Crippen LogP contribution in [0, 0.1) is 16.7 Å². The van der Waals surface area contributed by atoms with Crippen molar-refractivity contribution in [1.82, 2.24) is 5.32 Å². The van der Waals surface area contributed by atoms with Crippen LogP contribution < -0.4 is 10.6 Å². The van der Waals surface area contributed by atoms with Gasteiger partial charge in [-0.25, -0.2) is 0 Å². The average Bonchev–Trinajstić information content (AvgIpc) is 2.49. The number of methoxy groups -OCH3 is 1. The van der Waals surface area contributed by atoms with Gasteiger partial charge in [0.2, 0.25) is 5.91 Å². The average molecular weight is 273 g/mol. The second kappa shape index (κ2) is 6.51. The molecule has 2 rings (SSSR count). The van der Waals surface area contributed by atoms with Crippen LogP contribution in [-0.4, -0.2) is 32.7 Å². The summed E-state index contributed by atoms with van der Waals surface area (Å²) >= 11 is 0. The maximum atomic E-state index is 12.6. The van der Waals surface area contributed by atoms with Crippen LogP contribution in [0.3, 0.4) is 0 Å². The topological polar surface area (TPSA) is 74.1 Å². The van der Waals surface area contributed by atoms with Gasteiger partial charge in [0.1, 0.15) is 6.07 Å². The number of ether oxygens (including phenoxy) is 1. The SMILES string of the molecule is COCC1(C(=O)Nc2ccccc2C#N)CCNCC1. The molecule has 1 amide bonds. The lowest BCUT2D eigenvalue weighted by Crippen LogP contribution is -2.47. The number of rotatable bonds is 4. The first-order valence-electron chi connectivity index (χ1n) is 6.72. The zero-order valence-electron chi connectivity index (χ0n) is 11.6. The number of para-hydroxylation sites is 1. The Morgan fingerprint density at radius 2 is 2.15 bits per heavy atom. The third kappa shape index (κ3) is 2.98. The number of hydrogen-bond acceptors (Lipinski definition) is 4. The van der Waals surface area contributed by atoms with Gasteiger partial charge in [0.25, 0.3) is 0 Å². The Labute approximate surface area is 118 Å². The number of anilines is 1. The van der Waals surface area contributed by atoms with Crippen molar-refractivity contribution in [2.45, 2.75) is 12.8 Å². The Morgan fingerprint density at radius 1 is 1.45 bits per heavy atom. The molecule has 0 atom stereocenters. The molecular formula is C15H19N3O2. The molecule has 20 heavy (non-hydrogen) atoms. The van der Waals surface area contributed by atoms with Crippen LogP contribution in [-0.2, 0) is 9.53 Å². The fraction of sp³-hybridized carbons (Fsp3) is 0.467. The predicted molar refractivity (Wildman–Crippen MR) is 76.2 cm³/mol. The van der Waals surface area contributed by atoms with Crippen LogP contribution in [0.5, 0.6) is 0 Å². The summed E-state index contributed by atoms with van der Waals surface area (Å²) < 4.78 is 5.25. The van der Waals surface area contributed by atoms with Gasteiger partial charge < -0.3 is 15.4 Å². The van der Waals surface area contributed by atoms with Crippen LogP contribution in [0.25, 0.3) is 0 Å². The first kappa shape index (κ1) is 14.5. The molecule has 0 bridgehead atoms. The maximum absolute atomic E-state index is 12.6. The molecule has 1 fully saturated rings. The Kier molecular flexibility index (Phi) is 4.72. The number of amides is 1. The van der Waals surface area contributed by atoms with Gasteiger partial charge in [-0.05, 0) is 38.1 Å². The molecular weight excluding hydrogens is 254 g/mol. The van der Waals surface area contributed by atoms with Crippen molar-refractivity contribution in [3.8, 4) is 6.07 Å². The van der Waals surface area contributed by atoms with Gasteiger partial charge in [0.05, 0.1) is 23.3 Å². The molecule has 106 valence electrons. The fourth-order valence-electron chi connectivity index (χ4n) is 2.56. The van der Waals surface area contributed by atoms with Crippen molar-refractivity contribution >= 4 is 11.6 Å². The first-order valence-corrected chi connectivity index (χ1v) is 6.72. The molecule has 0 radical (unpaired) electrons. The molecule has 1 saturated heterocycles. The van der Waals surface area contributed by atoms with Gasteiger partial charge in [-0.2, -0.15) is 5.26 Å². The highest BCUT2D eigenvalue weighted by molar-refractivity contribution is 5.96. The van der Waals surface area contributed by atoms with Crippen LogP contribution in [0.4, 0.5) is 5.69 Å². The number of nitriles is 1. The van der Waals surface area contributed by atoms with Gasteiger partial charge in [0, 0.05) is 7.11 Å². The molecule has 0 aromatic heterocycles. The van der Waals surface area contributed by atoms with E-state index in [0.29, 0.717) is 17.9 Å². The van der Waals surface area contributed by atoms with Gasteiger partial charge in [-0.15, -0.1) is 0 Å². The maximum Gasteiger partial charge on any atom is 0.233 e. The third-order valence-corrected chi connectivity index (χ3v) is 3.76. The van der Waals surface area contributed by atoms with E-state index in [0.717, 1.165) is 25.9 Å². The first-order chi connectivity index (χ1) is 9.72. The van der Waals surface area contributed by atoms with Crippen LogP contribution >= 0.6 is 0 Å². The smallest absolute Gasteiger partial charge is 0.233 e. The van der Waals surface area contributed by atoms with Crippen LogP contribution in [0.2, 0.25) is 0 Å². The van der Waals surface area contributed by atoms with Crippen LogP contribution in [0.15, 0.2) is 24.3 Å². The molecule has 1 heterocycles. The minimum atomic E-state index is -0.511. The van der Waals surface area contributed by atoms with Crippen molar-refractivity contribution in [3.05, 3.63) is 29.8 Å². The summed E-state index contributed by atoms with van der Waals surface area (Å²) in [6.45, 7) is 2.00. The van der Waals surface area contributed by atoms with E-state index in [4.69, 9.17) is 10.00 Å². The standard InChI is InChI=1S/C15H19N3O2/c1-20-11-15(6-8-17-9-7-15)14(19)18-13-5-3-2-4-12(13)10-16/h2-5,17H,6-9,11H2,1H3,(H,18,19). The van der Waals surface area contributed by atoms with E-state index in [9.17, 15) is 4.79 Å². The number of benzene rings is 1. The summed E-state index contributed by atoms with van der Waals surface area (Å²) in [5.74, 6) is -0.0662. The van der Waals surface area contributed by atoms with E-state index in [-0.39, 0.29) is 5.91 Å². The van der Waals surface area contributed by atoms with E-state index in [2.05, 4.69) is 16.7 Å². The Bertz CT molecular complexity index is 511. The Morgan fingerprint density at radius 3 is 2.80 bits per heavy atom. The van der Waals surface area contributed by atoms with Crippen molar-refractivity contribution < 1.29 is 9.53 Å². The van der Waals surface area contributed by atoms with Crippen molar-refractivity contribution in [3.63, 3.8) is 0 Å². The molecule has 1 aliphatic rings. The predicted octanol–water partition coefficient (Wildman–Crippen LogP) is 1.51. The van der Waals surface area contributed by atoms with Crippen molar-refractivity contribution in [2.24, 2.45) is 5.41 Å². The molecule has 1 aromatic rings. The summed E-state index contributed by atoms with van der Waals surface area (Å²) in [6, 6.07) is 9.12. The largest absolute Gasteiger partial charge is 0.384 e. The summed E-state index contributed by atoms with van der Waals surface area (Å²) in [7, 11) is 1.61. The van der Waals surface area contributed by atoms with Gasteiger partial charge in [0.15, 0.2) is 0 Å². The molecule has 0 aliphatic carbocycles. The molecule has 5 heteroatoms. The lowest BCUT2D eigenvalue weighted by Gasteiger charge is -2.35. The van der Waals surface area contributed by atoms with Gasteiger partial charge in [-0.3, -0.25) is 4.79 Å². The molecule has 5 nitrogen and oxygen atoms in total. The van der Waals surface area contributed by atoms with E-state index in [1.807, 2.05) is 6.07 Å². The molecule has 1 aromatic carbocycles. The van der Waals surface area contributed by atoms with Gasteiger partial charge in [-0.1, -0.05) is 12.1 Å². The highest BCUT2D eigenvalue weighted by Gasteiger charge is 2.39. The van der Waals surface area contributed by atoms with E-state index < -0.39 is 5.41 Å². The second-order valence-electron chi connectivity index (χ2n) is 5.07.